The number of hydrogen-bond donors (Lipinski definition) is 2. The Morgan fingerprint density at radius 3 is 3.11 bits per heavy atom. The van der Waals surface area contributed by atoms with E-state index in [-0.39, 0.29) is 17.7 Å². The fraction of sp³-hybridized carbons (Fsp3) is 0.500. The number of carboxylic acid groups (broad SMARTS) is 1. The zero-order chi connectivity index (χ0) is 13.1. The first-order chi connectivity index (χ1) is 8.58. The third-order valence-electron chi connectivity index (χ3n) is 2.97. The van der Waals surface area contributed by atoms with Gasteiger partial charge in [0.1, 0.15) is 11.4 Å². The molecule has 1 saturated heterocycles. The Bertz CT molecular complexity index is 447. The predicted octanol–water partition coefficient (Wildman–Crippen LogP) is 2.52. The van der Waals surface area contributed by atoms with Crippen molar-refractivity contribution in [2.75, 3.05) is 11.9 Å². The molecule has 0 spiro atoms. The van der Waals surface area contributed by atoms with Crippen molar-refractivity contribution in [1.29, 1.82) is 0 Å². The molecule has 2 rings (SSSR count). The molecule has 0 radical (unpaired) electrons. The van der Waals surface area contributed by atoms with Crippen molar-refractivity contribution in [2.24, 2.45) is 0 Å². The van der Waals surface area contributed by atoms with Gasteiger partial charge in [0.2, 0.25) is 0 Å². The van der Waals surface area contributed by atoms with E-state index in [1.54, 1.807) is 12.3 Å². The lowest BCUT2D eigenvalue weighted by molar-refractivity contribution is 0.0696. The maximum absolute atomic E-state index is 11.1. The van der Waals surface area contributed by atoms with Crippen LogP contribution < -0.4 is 5.32 Å². The van der Waals surface area contributed by atoms with Gasteiger partial charge in [0, 0.05) is 17.3 Å². The van der Waals surface area contributed by atoms with Gasteiger partial charge in [-0.05, 0) is 41.8 Å². The summed E-state index contributed by atoms with van der Waals surface area (Å²) in [6, 6.07) is 1.58. The summed E-state index contributed by atoms with van der Waals surface area (Å²) in [5.74, 6) is -0.612. The summed E-state index contributed by atoms with van der Waals surface area (Å²) < 4.78 is 6.21. The number of pyridine rings is 1. The molecule has 18 heavy (non-hydrogen) atoms. The topological polar surface area (TPSA) is 71.5 Å². The van der Waals surface area contributed by atoms with Crippen LogP contribution >= 0.6 is 15.9 Å². The van der Waals surface area contributed by atoms with Crippen molar-refractivity contribution >= 4 is 27.7 Å². The number of halogens is 1. The Balaban J connectivity index is 2.15. The standard InChI is InChI=1S/C12H15BrN2O3/c1-7(10-3-2-4-18-10)15-11-9(12(16)17)5-8(13)6-14-11/h5-7,10H,2-4H2,1H3,(H,14,15)(H,16,17). The lowest BCUT2D eigenvalue weighted by atomic mass is 10.1. The fourth-order valence-electron chi connectivity index (χ4n) is 2.02. The van der Waals surface area contributed by atoms with E-state index < -0.39 is 5.97 Å². The Hall–Kier alpha value is -1.14. The van der Waals surface area contributed by atoms with Crippen LogP contribution in [0.15, 0.2) is 16.7 Å². The zero-order valence-corrected chi connectivity index (χ0v) is 11.6. The van der Waals surface area contributed by atoms with Crippen LogP contribution in [-0.2, 0) is 4.74 Å². The van der Waals surface area contributed by atoms with Gasteiger partial charge >= 0.3 is 5.97 Å². The molecule has 0 aliphatic carbocycles. The Morgan fingerprint density at radius 1 is 1.72 bits per heavy atom. The summed E-state index contributed by atoms with van der Waals surface area (Å²) >= 11 is 3.22. The maximum atomic E-state index is 11.1. The highest BCUT2D eigenvalue weighted by Crippen LogP contribution is 2.22. The number of nitrogens with zero attached hydrogens (tertiary/aromatic N) is 1. The van der Waals surface area contributed by atoms with Gasteiger partial charge < -0.3 is 15.2 Å². The number of anilines is 1. The van der Waals surface area contributed by atoms with E-state index in [1.165, 1.54) is 0 Å². The summed E-state index contributed by atoms with van der Waals surface area (Å²) in [4.78, 5) is 15.3. The number of carbonyl (C=O) groups is 1. The second-order valence-corrected chi connectivity index (χ2v) is 5.26. The first kappa shape index (κ1) is 13.3. The quantitative estimate of drug-likeness (QED) is 0.893. The van der Waals surface area contributed by atoms with E-state index in [2.05, 4.69) is 26.2 Å². The van der Waals surface area contributed by atoms with Gasteiger partial charge in [0.05, 0.1) is 12.1 Å². The Kier molecular flexibility index (Phi) is 4.19. The summed E-state index contributed by atoms with van der Waals surface area (Å²) in [6.07, 6.45) is 3.75. The van der Waals surface area contributed by atoms with Gasteiger partial charge in [-0.1, -0.05) is 0 Å². The molecule has 2 heterocycles. The smallest absolute Gasteiger partial charge is 0.339 e. The molecule has 1 aliphatic rings. The summed E-state index contributed by atoms with van der Waals surface area (Å²) in [6.45, 7) is 2.75. The molecule has 2 unspecified atom stereocenters. The van der Waals surface area contributed by atoms with Crippen molar-refractivity contribution in [3.8, 4) is 0 Å². The average molecular weight is 315 g/mol. The van der Waals surface area contributed by atoms with Crippen molar-refractivity contribution in [2.45, 2.75) is 31.9 Å². The minimum absolute atomic E-state index is 0.0410. The lowest BCUT2D eigenvalue weighted by Gasteiger charge is -2.21. The number of ether oxygens (including phenoxy) is 1. The molecular formula is C12H15BrN2O3. The number of nitrogens with one attached hydrogen (secondary N) is 1. The molecule has 1 aliphatic heterocycles. The Morgan fingerprint density at radius 2 is 2.50 bits per heavy atom. The van der Waals surface area contributed by atoms with E-state index in [0.29, 0.717) is 10.3 Å². The van der Waals surface area contributed by atoms with Crippen LogP contribution in [0.5, 0.6) is 0 Å². The van der Waals surface area contributed by atoms with E-state index in [0.717, 1.165) is 19.4 Å². The van der Waals surface area contributed by atoms with E-state index in [4.69, 9.17) is 9.84 Å². The minimum atomic E-state index is -0.995. The molecule has 5 nitrogen and oxygen atoms in total. The summed E-state index contributed by atoms with van der Waals surface area (Å²) in [7, 11) is 0. The van der Waals surface area contributed by atoms with Crippen LogP contribution in [0.25, 0.3) is 0 Å². The second kappa shape index (κ2) is 5.67. The highest BCUT2D eigenvalue weighted by Gasteiger charge is 2.24. The van der Waals surface area contributed by atoms with Crippen molar-refractivity contribution < 1.29 is 14.6 Å². The molecule has 2 N–H and O–H groups in total. The van der Waals surface area contributed by atoms with Crippen molar-refractivity contribution in [3.63, 3.8) is 0 Å². The number of carboxylic acids is 1. The maximum Gasteiger partial charge on any atom is 0.339 e. The third kappa shape index (κ3) is 3.00. The number of aromatic nitrogens is 1. The molecule has 0 aromatic carbocycles. The van der Waals surface area contributed by atoms with E-state index in [1.807, 2.05) is 6.92 Å². The van der Waals surface area contributed by atoms with Crippen LogP contribution in [0.4, 0.5) is 5.82 Å². The number of rotatable bonds is 4. The normalized spacial score (nSPS) is 20.7. The predicted molar refractivity (Wildman–Crippen MR) is 71.0 cm³/mol. The van der Waals surface area contributed by atoms with E-state index in [9.17, 15) is 4.79 Å². The first-order valence-corrected chi connectivity index (χ1v) is 6.64. The van der Waals surface area contributed by atoms with Crippen LogP contribution in [0, 0.1) is 0 Å². The molecular weight excluding hydrogens is 300 g/mol. The molecule has 1 fully saturated rings. The van der Waals surface area contributed by atoms with E-state index >= 15 is 0 Å². The van der Waals surface area contributed by atoms with Gasteiger partial charge in [0.15, 0.2) is 0 Å². The van der Waals surface area contributed by atoms with Crippen molar-refractivity contribution in [3.05, 3.63) is 22.3 Å². The van der Waals surface area contributed by atoms with Crippen LogP contribution in [0.3, 0.4) is 0 Å². The highest BCUT2D eigenvalue weighted by molar-refractivity contribution is 9.10. The summed E-state index contributed by atoms with van der Waals surface area (Å²) in [5.41, 5.74) is 0.161. The van der Waals surface area contributed by atoms with Crippen LogP contribution in [-0.4, -0.2) is 34.8 Å². The van der Waals surface area contributed by atoms with Gasteiger partial charge in [0.25, 0.3) is 0 Å². The SMILES string of the molecule is CC(Nc1ncc(Br)cc1C(=O)O)C1CCCO1. The van der Waals surface area contributed by atoms with Crippen molar-refractivity contribution in [1.82, 2.24) is 4.98 Å². The zero-order valence-electron chi connectivity index (χ0n) is 10.0. The minimum Gasteiger partial charge on any atom is -0.478 e. The first-order valence-electron chi connectivity index (χ1n) is 5.85. The Labute approximate surface area is 114 Å². The van der Waals surface area contributed by atoms with Crippen LogP contribution in [0.2, 0.25) is 0 Å². The average Bonchev–Trinajstić information content (AvgIpc) is 2.84. The van der Waals surface area contributed by atoms with Gasteiger partial charge in [-0.2, -0.15) is 0 Å². The molecule has 0 saturated carbocycles. The molecule has 2 atom stereocenters. The number of aromatic carboxylic acids is 1. The molecule has 0 bridgehead atoms. The number of hydrogen-bond acceptors (Lipinski definition) is 4. The molecule has 1 aromatic rings. The molecule has 1 aromatic heterocycles. The highest BCUT2D eigenvalue weighted by atomic mass is 79.9. The fourth-order valence-corrected chi connectivity index (χ4v) is 2.35. The van der Waals surface area contributed by atoms with Crippen LogP contribution in [0.1, 0.15) is 30.1 Å². The second-order valence-electron chi connectivity index (χ2n) is 4.34. The van der Waals surface area contributed by atoms with Gasteiger partial charge in [-0.3, -0.25) is 0 Å². The largest absolute Gasteiger partial charge is 0.478 e. The third-order valence-corrected chi connectivity index (χ3v) is 3.41. The monoisotopic (exact) mass is 314 g/mol. The lowest BCUT2D eigenvalue weighted by Crippen LogP contribution is -2.31. The molecule has 0 amide bonds. The summed E-state index contributed by atoms with van der Waals surface area (Å²) in [5, 5.41) is 12.3. The van der Waals surface area contributed by atoms with Gasteiger partial charge in [-0.15, -0.1) is 0 Å². The molecule has 6 heteroatoms. The molecule has 98 valence electrons. The van der Waals surface area contributed by atoms with Gasteiger partial charge in [-0.25, -0.2) is 9.78 Å².